The molecule has 0 spiro atoms. The monoisotopic (exact) mass is 483 g/mol. The molecule has 0 fully saturated rings. The fourth-order valence-electron chi connectivity index (χ4n) is 3.06. The van der Waals surface area contributed by atoms with Crippen molar-refractivity contribution in [1.29, 1.82) is 0 Å². The molecule has 0 N–H and O–H groups in total. The van der Waals surface area contributed by atoms with Gasteiger partial charge in [-0.15, -0.1) is 11.3 Å². The van der Waals surface area contributed by atoms with Crippen LogP contribution in [0.5, 0.6) is 0 Å². The van der Waals surface area contributed by atoms with Crippen LogP contribution in [0.25, 0.3) is 0 Å². The highest BCUT2D eigenvalue weighted by Gasteiger charge is 2.30. The van der Waals surface area contributed by atoms with Crippen molar-refractivity contribution >= 4 is 42.8 Å². The van der Waals surface area contributed by atoms with Gasteiger partial charge in [0.2, 0.25) is 10.0 Å². The smallest absolute Gasteiger partial charge is 0.224 e. The number of sulfone groups is 1. The van der Waals surface area contributed by atoms with Gasteiger partial charge in [0, 0.05) is 28.7 Å². The normalized spacial score (nSPS) is 13.5. The van der Waals surface area contributed by atoms with E-state index in [1.807, 2.05) is 24.4 Å². The molecule has 30 heavy (non-hydrogen) atoms. The number of thiophene rings is 1. The van der Waals surface area contributed by atoms with Gasteiger partial charge in [0.1, 0.15) is 0 Å². The van der Waals surface area contributed by atoms with Gasteiger partial charge < -0.3 is 0 Å². The number of hydrogen-bond acceptors (Lipinski definition) is 5. The van der Waals surface area contributed by atoms with E-state index in [0.717, 1.165) is 16.7 Å². The van der Waals surface area contributed by atoms with Gasteiger partial charge in [-0.1, -0.05) is 29.8 Å². The Morgan fingerprint density at radius 3 is 2.07 bits per heavy atom. The topological polar surface area (TPSA) is 71.5 Å². The van der Waals surface area contributed by atoms with Gasteiger partial charge in [0.05, 0.1) is 9.79 Å². The van der Waals surface area contributed by atoms with Crippen LogP contribution in [0.2, 0.25) is 5.02 Å². The van der Waals surface area contributed by atoms with E-state index in [1.54, 1.807) is 35.6 Å². The fraction of sp³-hybridized carbons (Fsp3) is 0.238. The first-order valence-corrected chi connectivity index (χ1v) is 13.7. The molecule has 0 amide bonds. The lowest BCUT2D eigenvalue weighted by molar-refractivity contribution is 0.329. The number of nitrogens with zero attached hydrogens (tertiary/aromatic N) is 1. The van der Waals surface area contributed by atoms with Crippen LogP contribution < -0.4 is 0 Å². The molecule has 0 saturated carbocycles. The molecule has 9 heteroatoms. The Balaban J connectivity index is 1.97. The lowest BCUT2D eigenvalue weighted by atomic mass is 10.1. The van der Waals surface area contributed by atoms with Crippen molar-refractivity contribution in [3.8, 4) is 0 Å². The Labute approximate surface area is 186 Å². The number of halogens is 1. The van der Waals surface area contributed by atoms with Crippen LogP contribution in [0.1, 0.15) is 17.4 Å². The standard InChI is InChI=1S/C21H22ClNO4S3/c1-16(14-19-4-3-13-28-19)23(15-17-5-7-18(22)8-6-17)30(26,27)21-11-9-20(10-12-21)29(2,24)25/h3-13,16H,14-15H2,1-2H3. The summed E-state index contributed by atoms with van der Waals surface area (Å²) in [7, 11) is -7.27. The van der Waals surface area contributed by atoms with Crippen molar-refractivity contribution in [2.45, 2.75) is 35.7 Å². The fourth-order valence-corrected chi connectivity index (χ4v) is 6.26. The van der Waals surface area contributed by atoms with E-state index in [0.29, 0.717) is 11.4 Å². The zero-order valence-corrected chi connectivity index (χ0v) is 19.7. The van der Waals surface area contributed by atoms with E-state index in [1.165, 1.54) is 28.6 Å². The van der Waals surface area contributed by atoms with Crippen LogP contribution in [0.3, 0.4) is 0 Å². The molecule has 1 atom stereocenters. The number of benzene rings is 2. The zero-order chi connectivity index (χ0) is 21.9. The first-order chi connectivity index (χ1) is 14.1. The maximum atomic E-state index is 13.5. The van der Waals surface area contributed by atoms with Crippen molar-refractivity contribution < 1.29 is 16.8 Å². The minimum absolute atomic E-state index is 0.0573. The first-order valence-electron chi connectivity index (χ1n) is 9.16. The molecule has 1 unspecified atom stereocenters. The second-order valence-corrected chi connectivity index (χ2v) is 12.4. The number of hydrogen-bond donors (Lipinski definition) is 0. The Hall–Kier alpha value is -1.71. The lowest BCUT2D eigenvalue weighted by Crippen LogP contribution is -2.39. The first kappa shape index (κ1) is 23.0. The summed E-state index contributed by atoms with van der Waals surface area (Å²) in [4.78, 5) is 1.23. The van der Waals surface area contributed by atoms with Gasteiger partial charge in [-0.25, -0.2) is 16.8 Å². The molecule has 0 saturated heterocycles. The highest BCUT2D eigenvalue weighted by molar-refractivity contribution is 7.90. The van der Waals surface area contributed by atoms with Crippen LogP contribution in [0, 0.1) is 0 Å². The SMILES string of the molecule is CC(Cc1cccs1)N(Cc1ccc(Cl)cc1)S(=O)(=O)c1ccc(S(C)(=O)=O)cc1. The van der Waals surface area contributed by atoms with Crippen LogP contribution in [0.4, 0.5) is 0 Å². The molecule has 5 nitrogen and oxygen atoms in total. The van der Waals surface area contributed by atoms with Crippen LogP contribution in [0.15, 0.2) is 75.8 Å². The molecule has 160 valence electrons. The van der Waals surface area contributed by atoms with Crippen LogP contribution in [-0.4, -0.2) is 33.4 Å². The summed E-state index contributed by atoms with van der Waals surface area (Å²) in [5, 5.41) is 2.54. The molecular formula is C21H22ClNO4S3. The Kier molecular flexibility index (Phi) is 7.04. The predicted molar refractivity (Wildman–Crippen MR) is 121 cm³/mol. The molecule has 0 aliphatic rings. The highest BCUT2D eigenvalue weighted by atomic mass is 35.5. The van der Waals surface area contributed by atoms with Crippen molar-refractivity contribution in [1.82, 2.24) is 4.31 Å². The molecule has 0 aliphatic carbocycles. The molecule has 0 aliphatic heterocycles. The molecule has 2 aromatic carbocycles. The van der Waals surface area contributed by atoms with Crippen molar-refractivity contribution in [3.63, 3.8) is 0 Å². The molecule has 1 aromatic heterocycles. The van der Waals surface area contributed by atoms with E-state index >= 15 is 0 Å². The van der Waals surface area contributed by atoms with Crippen LogP contribution >= 0.6 is 22.9 Å². The predicted octanol–water partition coefficient (Wildman–Crippen LogP) is 4.63. The molecule has 0 radical (unpaired) electrons. The van der Waals surface area contributed by atoms with Gasteiger partial charge in [0.15, 0.2) is 9.84 Å². The van der Waals surface area contributed by atoms with E-state index < -0.39 is 19.9 Å². The Morgan fingerprint density at radius 2 is 1.53 bits per heavy atom. The molecule has 0 bridgehead atoms. The third-order valence-electron chi connectivity index (χ3n) is 4.68. The van der Waals surface area contributed by atoms with Gasteiger partial charge in [-0.05, 0) is 66.8 Å². The van der Waals surface area contributed by atoms with E-state index in [-0.39, 0.29) is 22.4 Å². The van der Waals surface area contributed by atoms with E-state index in [2.05, 4.69) is 0 Å². The summed E-state index contributed by atoms with van der Waals surface area (Å²) >= 11 is 7.55. The maximum absolute atomic E-state index is 13.5. The summed E-state index contributed by atoms with van der Waals surface area (Å²) < 4.78 is 51.9. The summed E-state index contributed by atoms with van der Waals surface area (Å²) in [6.07, 6.45) is 1.67. The molecule has 3 rings (SSSR count). The molecule has 3 aromatic rings. The summed E-state index contributed by atoms with van der Waals surface area (Å²) in [6.45, 7) is 2.05. The Morgan fingerprint density at radius 1 is 0.933 bits per heavy atom. The summed E-state index contributed by atoms with van der Waals surface area (Å²) in [5.41, 5.74) is 0.814. The van der Waals surface area contributed by atoms with Gasteiger partial charge in [-0.3, -0.25) is 0 Å². The average Bonchev–Trinajstić information content (AvgIpc) is 3.19. The quantitative estimate of drug-likeness (QED) is 0.468. The lowest BCUT2D eigenvalue weighted by Gasteiger charge is -2.28. The molecule has 1 heterocycles. The largest absolute Gasteiger partial charge is 0.243 e. The van der Waals surface area contributed by atoms with E-state index in [9.17, 15) is 16.8 Å². The van der Waals surface area contributed by atoms with Gasteiger partial charge >= 0.3 is 0 Å². The number of sulfonamides is 1. The van der Waals surface area contributed by atoms with Gasteiger partial charge in [-0.2, -0.15) is 4.31 Å². The summed E-state index contributed by atoms with van der Waals surface area (Å²) in [5.74, 6) is 0. The second kappa shape index (κ2) is 9.20. The van der Waals surface area contributed by atoms with Gasteiger partial charge in [0.25, 0.3) is 0 Å². The van der Waals surface area contributed by atoms with Crippen molar-refractivity contribution in [2.75, 3.05) is 6.26 Å². The zero-order valence-electron chi connectivity index (χ0n) is 16.5. The highest BCUT2D eigenvalue weighted by Crippen LogP contribution is 2.25. The van der Waals surface area contributed by atoms with E-state index in [4.69, 9.17) is 11.6 Å². The number of rotatable bonds is 8. The summed E-state index contributed by atoms with van der Waals surface area (Å²) in [6, 6.07) is 16.0. The minimum atomic E-state index is -3.86. The second-order valence-electron chi connectivity index (χ2n) is 7.05. The van der Waals surface area contributed by atoms with Crippen molar-refractivity contribution in [3.05, 3.63) is 81.5 Å². The Bertz CT molecular complexity index is 1190. The van der Waals surface area contributed by atoms with Crippen LogP contribution in [-0.2, 0) is 32.8 Å². The average molecular weight is 484 g/mol. The maximum Gasteiger partial charge on any atom is 0.243 e. The van der Waals surface area contributed by atoms with Crippen molar-refractivity contribution in [2.24, 2.45) is 0 Å². The minimum Gasteiger partial charge on any atom is -0.224 e. The molecular weight excluding hydrogens is 462 g/mol. The third kappa shape index (κ3) is 5.50. The third-order valence-corrected chi connectivity index (χ3v) is 8.93.